The van der Waals surface area contributed by atoms with Gasteiger partial charge in [0.05, 0.1) is 11.1 Å². The first-order valence-corrected chi connectivity index (χ1v) is 5.83. The summed E-state index contributed by atoms with van der Waals surface area (Å²) in [5, 5.41) is 3.61. The van der Waals surface area contributed by atoms with Crippen molar-refractivity contribution in [3.8, 4) is 23.1 Å². The van der Waals surface area contributed by atoms with E-state index in [-0.39, 0.29) is 23.1 Å². The number of nitrogens with zero attached hydrogens (tertiary/aromatic N) is 4. The van der Waals surface area contributed by atoms with Crippen molar-refractivity contribution >= 4 is 0 Å². The number of benzene rings is 1. The predicted molar refractivity (Wildman–Crippen MR) is 65.8 cm³/mol. The van der Waals surface area contributed by atoms with Crippen LogP contribution in [0, 0.1) is 0 Å². The molecule has 0 saturated heterocycles. The minimum atomic E-state index is -4.51. The number of alkyl halides is 3. The molecule has 0 unspecified atom stereocenters. The van der Waals surface area contributed by atoms with E-state index >= 15 is 0 Å². The fourth-order valence-corrected chi connectivity index (χ4v) is 1.76. The molecule has 0 aliphatic rings. The number of aromatic nitrogens is 4. The van der Waals surface area contributed by atoms with E-state index in [2.05, 4.69) is 20.1 Å². The van der Waals surface area contributed by atoms with Gasteiger partial charge in [-0.25, -0.2) is 9.97 Å². The Balaban J connectivity index is 2.06. The summed E-state index contributed by atoms with van der Waals surface area (Å²) in [6, 6.07) is 6.59. The van der Waals surface area contributed by atoms with Crippen LogP contribution in [0.5, 0.6) is 0 Å². The summed E-state index contributed by atoms with van der Waals surface area (Å²) in [6.07, 6.45) is -1.56. The summed E-state index contributed by atoms with van der Waals surface area (Å²) >= 11 is 0. The van der Waals surface area contributed by atoms with E-state index in [0.717, 1.165) is 6.07 Å². The monoisotopic (exact) mass is 292 g/mol. The molecule has 5 nitrogen and oxygen atoms in total. The lowest BCUT2D eigenvalue weighted by Gasteiger charge is -2.09. The molecule has 0 fully saturated rings. The Morgan fingerprint density at radius 3 is 2.33 bits per heavy atom. The highest BCUT2D eigenvalue weighted by atomic mass is 19.4. The van der Waals surface area contributed by atoms with Crippen molar-refractivity contribution in [2.24, 2.45) is 0 Å². The molecule has 21 heavy (non-hydrogen) atoms. The normalized spacial score (nSPS) is 11.6. The minimum Gasteiger partial charge on any atom is -0.333 e. The van der Waals surface area contributed by atoms with Crippen LogP contribution in [-0.4, -0.2) is 20.1 Å². The average molecular weight is 292 g/mol. The summed E-state index contributed by atoms with van der Waals surface area (Å²) in [5.74, 6) is -0.0232. The molecule has 3 aromatic rings. The van der Waals surface area contributed by atoms with E-state index in [4.69, 9.17) is 4.52 Å². The quantitative estimate of drug-likeness (QED) is 0.725. The van der Waals surface area contributed by atoms with Crippen LogP contribution in [0.25, 0.3) is 23.1 Å². The zero-order valence-corrected chi connectivity index (χ0v) is 10.4. The van der Waals surface area contributed by atoms with Gasteiger partial charge in [0, 0.05) is 12.4 Å². The summed E-state index contributed by atoms with van der Waals surface area (Å²) in [7, 11) is 0. The Bertz CT molecular complexity index is 755. The molecule has 0 amide bonds. The van der Waals surface area contributed by atoms with Crippen LogP contribution in [0.15, 0.2) is 47.2 Å². The van der Waals surface area contributed by atoms with E-state index in [9.17, 15) is 13.2 Å². The van der Waals surface area contributed by atoms with Gasteiger partial charge in [0.2, 0.25) is 11.6 Å². The zero-order valence-electron chi connectivity index (χ0n) is 10.4. The third-order valence-electron chi connectivity index (χ3n) is 2.65. The maximum atomic E-state index is 12.9. The van der Waals surface area contributed by atoms with Gasteiger partial charge in [-0.2, -0.15) is 18.2 Å². The Hall–Kier alpha value is -2.77. The Morgan fingerprint density at radius 1 is 0.905 bits per heavy atom. The van der Waals surface area contributed by atoms with Crippen molar-refractivity contribution in [3.63, 3.8) is 0 Å². The summed E-state index contributed by atoms with van der Waals surface area (Å²) in [6.45, 7) is 0. The molecule has 0 bridgehead atoms. The highest BCUT2D eigenvalue weighted by Gasteiger charge is 2.34. The lowest BCUT2D eigenvalue weighted by atomic mass is 10.1. The number of hydrogen-bond acceptors (Lipinski definition) is 5. The van der Waals surface area contributed by atoms with Gasteiger partial charge in [-0.1, -0.05) is 17.3 Å². The van der Waals surface area contributed by atoms with Gasteiger partial charge < -0.3 is 4.52 Å². The van der Waals surface area contributed by atoms with Crippen LogP contribution in [0.1, 0.15) is 5.56 Å². The first kappa shape index (κ1) is 13.2. The first-order chi connectivity index (χ1) is 10.1. The predicted octanol–water partition coefficient (Wildman–Crippen LogP) is 3.21. The lowest BCUT2D eigenvalue weighted by Crippen LogP contribution is -2.06. The Labute approximate surface area is 116 Å². The van der Waals surface area contributed by atoms with Crippen molar-refractivity contribution in [1.82, 2.24) is 20.1 Å². The number of rotatable bonds is 2. The first-order valence-electron chi connectivity index (χ1n) is 5.83. The van der Waals surface area contributed by atoms with Crippen molar-refractivity contribution in [2.45, 2.75) is 6.18 Å². The molecule has 0 radical (unpaired) electrons. The van der Waals surface area contributed by atoms with Gasteiger partial charge in [0.1, 0.15) is 0 Å². The van der Waals surface area contributed by atoms with E-state index in [1.807, 2.05) is 0 Å². The highest BCUT2D eigenvalue weighted by Crippen LogP contribution is 2.36. The van der Waals surface area contributed by atoms with E-state index < -0.39 is 11.7 Å². The van der Waals surface area contributed by atoms with Gasteiger partial charge in [0.15, 0.2) is 0 Å². The molecule has 0 aliphatic heterocycles. The molecule has 2 aromatic heterocycles. The third kappa shape index (κ3) is 2.60. The maximum Gasteiger partial charge on any atom is 0.417 e. The summed E-state index contributed by atoms with van der Waals surface area (Å²) < 4.78 is 43.7. The topological polar surface area (TPSA) is 64.7 Å². The van der Waals surface area contributed by atoms with Gasteiger partial charge in [-0.15, -0.1) is 0 Å². The molecule has 0 atom stereocenters. The second-order valence-corrected chi connectivity index (χ2v) is 4.04. The van der Waals surface area contributed by atoms with Crippen LogP contribution in [0.4, 0.5) is 13.2 Å². The lowest BCUT2D eigenvalue weighted by molar-refractivity contribution is -0.137. The smallest absolute Gasteiger partial charge is 0.333 e. The molecule has 0 aliphatic carbocycles. The molecule has 1 aromatic carbocycles. The fourth-order valence-electron chi connectivity index (χ4n) is 1.76. The summed E-state index contributed by atoms with van der Waals surface area (Å²) in [4.78, 5) is 11.7. The van der Waals surface area contributed by atoms with Crippen LogP contribution in [0.3, 0.4) is 0 Å². The van der Waals surface area contributed by atoms with E-state index in [1.165, 1.54) is 30.6 Å². The molecular weight excluding hydrogens is 285 g/mol. The second kappa shape index (κ2) is 4.97. The van der Waals surface area contributed by atoms with Crippen molar-refractivity contribution < 1.29 is 17.7 Å². The summed E-state index contributed by atoms with van der Waals surface area (Å²) in [5.41, 5.74) is -1.02. The van der Waals surface area contributed by atoms with Gasteiger partial charge in [0.25, 0.3) is 5.89 Å². The molecule has 106 valence electrons. The van der Waals surface area contributed by atoms with Gasteiger partial charge in [-0.3, -0.25) is 0 Å². The van der Waals surface area contributed by atoms with E-state index in [1.54, 1.807) is 6.07 Å². The van der Waals surface area contributed by atoms with Crippen LogP contribution in [0.2, 0.25) is 0 Å². The fraction of sp³-hybridized carbons (Fsp3) is 0.0769. The van der Waals surface area contributed by atoms with Crippen LogP contribution in [-0.2, 0) is 6.18 Å². The number of hydrogen-bond donors (Lipinski definition) is 0. The van der Waals surface area contributed by atoms with Crippen molar-refractivity contribution in [2.75, 3.05) is 0 Å². The zero-order chi connectivity index (χ0) is 14.9. The highest BCUT2D eigenvalue weighted by molar-refractivity contribution is 5.61. The molecule has 0 N–H and O–H groups in total. The maximum absolute atomic E-state index is 12.9. The second-order valence-electron chi connectivity index (χ2n) is 4.04. The SMILES string of the molecule is FC(F)(F)c1ccccc1-c1nc(-c2ncccn2)no1. The minimum absolute atomic E-state index is 0.0302. The van der Waals surface area contributed by atoms with Gasteiger partial charge >= 0.3 is 6.18 Å². The Kier molecular flexibility index (Phi) is 3.13. The molecule has 2 heterocycles. The van der Waals surface area contributed by atoms with E-state index in [0.29, 0.717) is 0 Å². The van der Waals surface area contributed by atoms with Crippen molar-refractivity contribution in [3.05, 3.63) is 48.3 Å². The Morgan fingerprint density at radius 2 is 1.62 bits per heavy atom. The molecule has 8 heteroatoms. The van der Waals surface area contributed by atoms with Gasteiger partial charge in [-0.05, 0) is 18.2 Å². The third-order valence-corrected chi connectivity index (χ3v) is 2.65. The standard InChI is InChI=1S/C13H7F3N4O/c14-13(15,16)9-5-2-1-4-8(9)12-19-11(20-21-12)10-17-6-3-7-18-10/h1-7H. The number of halogens is 3. The molecule has 0 spiro atoms. The molecule has 3 rings (SSSR count). The van der Waals surface area contributed by atoms with Crippen LogP contribution >= 0.6 is 0 Å². The van der Waals surface area contributed by atoms with Crippen LogP contribution < -0.4 is 0 Å². The average Bonchev–Trinajstić information content (AvgIpc) is 2.97. The molecular formula is C13H7F3N4O. The largest absolute Gasteiger partial charge is 0.417 e. The van der Waals surface area contributed by atoms with Crippen molar-refractivity contribution in [1.29, 1.82) is 0 Å². The molecule has 0 saturated carbocycles.